The fourth-order valence-electron chi connectivity index (χ4n) is 2.51. The van der Waals surface area contributed by atoms with Crippen molar-refractivity contribution in [3.8, 4) is 0 Å². The number of fused-ring (bicyclic) bond motifs is 1. The van der Waals surface area contributed by atoms with Crippen LogP contribution < -0.4 is 5.32 Å². The van der Waals surface area contributed by atoms with Crippen LogP contribution in [0.4, 0.5) is 5.69 Å². The van der Waals surface area contributed by atoms with Gasteiger partial charge in [0.25, 0.3) is 0 Å². The van der Waals surface area contributed by atoms with Crippen molar-refractivity contribution < 1.29 is 13.9 Å². The Morgan fingerprint density at radius 2 is 2.37 bits per heavy atom. The molecular formula is C14H16N2O3. The van der Waals surface area contributed by atoms with Gasteiger partial charge in [-0.2, -0.15) is 0 Å². The lowest BCUT2D eigenvalue weighted by atomic mass is 9.68. The van der Waals surface area contributed by atoms with Crippen LogP contribution >= 0.6 is 0 Å². The molecule has 2 aromatic rings. The van der Waals surface area contributed by atoms with Gasteiger partial charge in [-0.25, -0.2) is 4.98 Å². The standard InChI is InChI=1S/C14H16N2O3/c1-18-13(17)14(5-2-6-14)8-15-10-3-4-11-12(7-10)19-9-16-11/h3-4,7,9,15H,2,5-6,8H2,1H3. The number of hydrogen-bond donors (Lipinski definition) is 1. The van der Waals surface area contributed by atoms with E-state index in [0.29, 0.717) is 6.54 Å². The number of anilines is 1. The molecule has 19 heavy (non-hydrogen) atoms. The molecule has 1 aromatic carbocycles. The molecule has 5 heteroatoms. The van der Waals surface area contributed by atoms with Crippen molar-refractivity contribution in [3.63, 3.8) is 0 Å². The third kappa shape index (κ3) is 2.05. The van der Waals surface area contributed by atoms with Crippen LogP contribution in [-0.2, 0) is 9.53 Å². The lowest BCUT2D eigenvalue weighted by molar-refractivity contribution is -0.157. The number of aromatic nitrogens is 1. The Labute approximate surface area is 111 Å². The number of rotatable bonds is 4. The fraction of sp³-hybridized carbons (Fsp3) is 0.429. The van der Waals surface area contributed by atoms with E-state index in [1.54, 1.807) is 0 Å². The van der Waals surface area contributed by atoms with E-state index >= 15 is 0 Å². The van der Waals surface area contributed by atoms with Crippen molar-refractivity contribution in [2.24, 2.45) is 5.41 Å². The zero-order chi connectivity index (χ0) is 13.3. The van der Waals surface area contributed by atoms with Crippen LogP contribution in [0.3, 0.4) is 0 Å². The molecule has 0 spiro atoms. The first kappa shape index (κ1) is 12.0. The van der Waals surface area contributed by atoms with Crippen molar-refractivity contribution in [1.29, 1.82) is 0 Å². The Hall–Kier alpha value is -2.04. The van der Waals surface area contributed by atoms with Crippen LogP contribution in [0.2, 0.25) is 0 Å². The Bertz CT molecular complexity index is 602. The minimum Gasteiger partial charge on any atom is -0.469 e. The monoisotopic (exact) mass is 260 g/mol. The van der Waals surface area contributed by atoms with Gasteiger partial charge in [0.2, 0.25) is 0 Å². The van der Waals surface area contributed by atoms with Gasteiger partial charge in [0.1, 0.15) is 5.52 Å². The van der Waals surface area contributed by atoms with Gasteiger partial charge in [-0.3, -0.25) is 4.79 Å². The molecule has 1 aliphatic carbocycles. The maximum Gasteiger partial charge on any atom is 0.313 e. The maximum absolute atomic E-state index is 11.8. The highest BCUT2D eigenvalue weighted by Gasteiger charge is 2.45. The second-order valence-corrected chi connectivity index (χ2v) is 5.01. The molecule has 1 heterocycles. The van der Waals surface area contributed by atoms with E-state index in [0.717, 1.165) is 36.0 Å². The van der Waals surface area contributed by atoms with Gasteiger partial charge in [-0.1, -0.05) is 6.42 Å². The molecular weight excluding hydrogens is 244 g/mol. The van der Waals surface area contributed by atoms with Crippen molar-refractivity contribution >= 4 is 22.8 Å². The molecule has 0 bridgehead atoms. The molecule has 100 valence electrons. The van der Waals surface area contributed by atoms with E-state index in [2.05, 4.69) is 10.3 Å². The third-order valence-electron chi connectivity index (χ3n) is 3.89. The number of carbonyl (C=O) groups is 1. The van der Waals surface area contributed by atoms with Crippen molar-refractivity contribution in [1.82, 2.24) is 4.98 Å². The second-order valence-electron chi connectivity index (χ2n) is 5.01. The summed E-state index contributed by atoms with van der Waals surface area (Å²) in [6.45, 7) is 0.597. The average molecular weight is 260 g/mol. The molecule has 1 saturated carbocycles. The summed E-state index contributed by atoms with van der Waals surface area (Å²) in [6.07, 6.45) is 4.28. The summed E-state index contributed by atoms with van der Waals surface area (Å²) in [5, 5.41) is 3.30. The smallest absolute Gasteiger partial charge is 0.313 e. The van der Waals surface area contributed by atoms with E-state index in [1.807, 2.05) is 18.2 Å². The molecule has 1 N–H and O–H groups in total. The SMILES string of the molecule is COC(=O)C1(CNc2ccc3ncoc3c2)CCC1. The number of nitrogens with zero attached hydrogens (tertiary/aromatic N) is 1. The lowest BCUT2D eigenvalue weighted by Gasteiger charge is -2.39. The summed E-state index contributed by atoms with van der Waals surface area (Å²) in [5.74, 6) is -0.119. The normalized spacial score (nSPS) is 16.9. The number of ether oxygens (including phenoxy) is 1. The highest BCUT2D eigenvalue weighted by atomic mass is 16.5. The van der Waals surface area contributed by atoms with Crippen molar-refractivity contribution in [3.05, 3.63) is 24.6 Å². The molecule has 0 atom stereocenters. The maximum atomic E-state index is 11.8. The number of nitrogens with one attached hydrogen (secondary N) is 1. The molecule has 0 saturated heterocycles. The van der Waals surface area contributed by atoms with Crippen molar-refractivity contribution in [2.75, 3.05) is 19.0 Å². The molecule has 0 amide bonds. The largest absolute Gasteiger partial charge is 0.469 e. The molecule has 0 radical (unpaired) electrons. The minimum atomic E-state index is -0.356. The van der Waals surface area contributed by atoms with Gasteiger partial charge in [-0.05, 0) is 25.0 Å². The quantitative estimate of drug-likeness (QED) is 0.856. The van der Waals surface area contributed by atoms with Gasteiger partial charge >= 0.3 is 5.97 Å². The van der Waals surface area contributed by atoms with Gasteiger partial charge in [0.05, 0.1) is 12.5 Å². The fourth-order valence-corrected chi connectivity index (χ4v) is 2.51. The number of benzene rings is 1. The lowest BCUT2D eigenvalue weighted by Crippen LogP contribution is -2.44. The molecule has 1 aromatic heterocycles. The number of esters is 1. The molecule has 3 rings (SSSR count). The Morgan fingerprint density at radius 1 is 1.53 bits per heavy atom. The first-order valence-corrected chi connectivity index (χ1v) is 6.39. The number of oxazole rings is 1. The highest BCUT2D eigenvalue weighted by molar-refractivity contribution is 5.79. The van der Waals surface area contributed by atoms with E-state index in [-0.39, 0.29) is 11.4 Å². The topological polar surface area (TPSA) is 64.4 Å². The summed E-state index contributed by atoms with van der Waals surface area (Å²) >= 11 is 0. The molecule has 0 aliphatic heterocycles. The van der Waals surface area contributed by atoms with E-state index < -0.39 is 0 Å². The Morgan fingerprint density at radius 3 is 3.05 bits per heavy atom. The molecule has 1 aliphatic rings. The van der Waals surface area contributed by atoms with Gasteiger partial charge in [-0.15, -0.1) is 0 Å². The Balaban J connectivity index is 1.72. The van der Waals surface area contributed by atoms with Crippen LogP contribution in [0, 0.1) is 5.41 Å². The van der Waals surface area contributed by atoms with Crippen LogP contribution in [0.15, 0.2) is 29.0 Å². The number of methoxy groups -OCH3 is 1. The van der Waals surface area contributed by atoms with Gasteiger partial charge in [0.15, 0.2) is 12.0 Å². The highest BCUT2D eigenvalue weighted by Crippen LogP contribution is 2.42. The average Bonchev–Trinajstić information content (AvgIpc) is 2.84. The van der Waals surface area contributed by atoms with Gasteiger partial charge < -0.3 is 14.5 Å². The molecule has 0 unspecified atom stereocenters. The third-order valence-corrected chi connectivity index (χ3v) is 3.89. The summed E-state index contributed by atoms with van der Waals surface area (Å²) in [4.78, 5) is 15.9. The summed E-state index contributed by atoms with van der Waals surface area (Å²) in [7, 11) is 1.45. The van der Waals surface area contributed by atoms with Crippen LogP contribution in [0.1, 0.15) is 19.3 Å². The summed E-state index contributed by atoms with van der Waals surface area (Å²) in [6, 6.07) is 5.73. The first-order valence-electron chi connectivity index (χ1n) is 6.39. The minimum absolute atomic E-state index is 0.119. The number of hydrogen-bond acceptors (Lipinski definition) is 5. The van der Waals surface area contributed by atoms with Crippen molar-refractivity contribution in [2.45, 2.75) is 19.3 Å². The zero-order valence-corrected chi connectivity index (χ0v) is 10.8. The second kappa shape index (κ2) is 4.57. The zero-order valence-electron chi connectivity index (χ0n) is 10.8. The van der Waals surface area contributed by atoms with Crippen LogP contribution in [0.5, 0.6) is 0 Å². The van der Waals surface area contributed by atoms with E-state index in [1.165, 1.54) is 13.5 Å². The predicted molar refractivity (Wildman–Crippen MR) is 70.8 cm³/mol. The molecule has 1 fully saturated rings. The van der Waals surface area contributed by atoms with E-state index in [4.69, 9.17) is 9.15 Å². The summed E-state index contributed by atoms with van der Waals surface area (Å²) in [5.41, 5.74) is 2.15. The van der Waals surface area contributed by atoms with E-state index in [9.17, 15) is 4.79 Å². The summed E-state index contributed by atoms with van der Waals surface area (Å²) < 4.78 is 10.2. The number of carbonyl (C=O) groups excluding carboxylic acids is 1. The first-order chi connectivity index (χ1) is 9.23. The van der Waals surface area contributed by atoms with Crippen LogP contribution in [-0.4, -0.2) is 24.6 Å². The van der Waals surface area contributed by atoms with Gasteiger partial charge in [0, 0.05) is 18.3 Å². The Kier molecular flexibility index (Phi) is 2.89. The molecule has 5 nitrogen and oxygen atoms in total. The predicted octanol–water partition coefficient (Wildman–Crippen LogP) is 2.58. The van der Waals surface area contributed by atoms with Crippen LogP contribution in [0.25, 0.3) is 11.1 Å².